The average molecular weight is 419 g/mol. The van der Waals surface area contributed by atoms with Crippen molar-refractivity contribution in [2.45, 2.75) is 31.4 Å². The standard InChI is InChI=1S/C21H20F3N3O3/c22-21(23,24)16-7-6-15(12-16)17-18(13-4-2-1-3-5-13)30-19(25-17)14-8-10-27(11-9-14)20(28)26-29/h1-7,14,29H,8-12H2,(H,26,28). The molecule has 0 radical (unpaired) electrons. The number of nitrogens with one attached hydrogen (secondary N) is 1. The van der Waals surface area contributed by atoms with Crippen LogP contribution in [0.4, 0.5) is 18.0 Å². The van der Waals surface area contributed by atoms with Crippen LogP contribution in [0.15, 0.2) is 52.5 Å². The van der Waals surface area contributed by atoms with Gasteiger partial charge in [0.1, 0.15) is 5.69 Å². The molecule has 2 aliphatic rings. The van der Waals surface area contributed by atoms with E-state index >= 15 is 0 Å². The van der Waals surface area contributed by atoms with Gasteiger partial charge in [-0.25, -0.2) is 15.3 Å². The fourth-order valence-corrected chi connectivity index (χ4v) is 3.80. The number of halogens is 3. The number of alkyl halides is 3. The number of hydrogen-bond donors (Lipinski definition) is 2. The van der Waals surface area contributed by atoms with Gasteiger partial charge in [-0.3, -0.25) is 5.21 Å². The Balaban J connectivity index is 1.61. The number of piperidine rings is 1. The Hall–Kier alpha value is -3.07. The Bertz CT molecular complexity index is 988. The fourth-order valence-electron chi connectivity index (χ4n) is 3.80. The third-order valence-electron chi connectivity index (χ3n) is 5.44. The quantitative estimate of drug-likeness (QED) is 0.548. The van der Waals surface area contributed by atoms with Gasteiger partial charge in [-0.15, -0.1) is 0 Å². The number of allylic oxidation sites excluding steroid dienone is 4. The Morgan fingerprint density at radius 1 is 1.17 bits per heavy atom. The fraction of sp³-hybridized carbons (Fsp3) is 0.333. The normalized spacial score (nSPS) is 17.7. The molecule has 0 atom stereocenters. The van der Waals surface area contributed by atoms with Crippen LogP contribution in [0.25, 0.3) is 16.9 Å². The second-order valence-electron chi connectivity index (χ2n) is 7.33. The first-order chi connectivity index (χ1) is 14.4. The van der Waals surface area contributed by atoms with E-state index in [1.165, 1.54) is 11.0 Å². The van der Waals surface area contributed by atoms with Gasteiger partial charge in [0.15, 0.2) is 11.7 Å². The molecule has 6 nitrogen and oxygen atoms in total. The maximum Gasteiger partial charge on any atom is 0.413 e. The molecule has 9 heteroatoms. The van der Waals surface area contributed by atoms with Crippen molar-refractivity contribution in [1.82, 2.24) is 15.4 Å². The van der Waals surface area contributed by atoms with E-state index in [0.717, 1.165) is 11.6 Å². The third kappa shape index (κ3) is 3.97. The number of nitrogens with zero attached hydrogens (tertiary/aromatic N) is 2. The van der Waals surface area contributed by atoms with Crippen molar-refractivity contribution in [2.24, 2.45) is 0 Å². The number of urea groups is 1. The van der Waals surface area contributed by atoms with Gasteiger partial charge < -0.3 is 9.32 Å². The molecule has 2 N–H and O–H groups in total. The number of aromatic nitrogens is 1. The number of carbonyl (C=O) groups excluding carboxylic acids is 1. The molecule has 0 unspecified atom stereocenters. The van der Waals surface area contributed by atoms with E-state index in [1.807, 2.05) is 30.3 Å². The zero-order chi connectivity index (χ0) is 21.3. The molecular weight excluding hydrogens is 399 g/mol. The minimum absolute atomic E-state index is 0.0685. The number of hydrogen-bond acceptors (Lipinski definition) is 4. The molecule has 1 aromatic heterocycles. The number of likely N-dealkylation sites (tertiary alicyclic amines) is 1. The minimum atomic E-state index is -4.38. The highest BCUT2D eigenvalue weighted by Gasteiger charge is 2.37. The lowest BCUT2D eigenvalue weighted by Gasteiger charge is -2.29. The number of carbonyl (C=O) groups is 1. The number of benzene rings is 1. The van der Waals surface area contributed by atoms with E-state index in [1.54, 1.807) is 5.48 Å². The highest BCUT2D eigenvalue weighted by Crippen LogP contribution is 2.42. The first-order valence-electron chi connectivity index (χ1n) is 9.59. The van der Waals surface area contributed by atoms with Gasteiger partial charge in [0.2, 0.25) is 0 Å². The molecular formula is C21H20F3N3O3. The minimum Gasteiger partial charge on any atom is -0.440 e. The van der Waals surface area contributed by atoms with Crippen LogP contribution in [-0.4, -0.2) is 40.4 Å². The van der Waals surface area contributed by atoms with Gasteiger partial charge in [0.05, 0.1) is 0 Å². The highest BCUT2D eigenvalue weighted by molar-refractivity contribution is 5.79. The van der Waals surface area contributed by atoms with Crippen LogP contribution in [0.5, 0.6) is 0 Å². The number of rotatable bonds is 3. The smallest absolute Gasteiger partial charge is 0.413 e. The van der Waals surface area contributed by atoms with Gasteiger partial charge in [0, 0.05) is 36.6 Å². The average Bonchev–Trinajstić information content (AvgIpc) is 3.41. The van der Waals surface area contributed by atoms with Crippen LogP contribution in [0, 0.1) is 0 Å². The topological polar surface area (TPSA) is 78.6 Å². The summed E-state index contributed by atoms with van der Waals surface area (Å²) in [7, 11) is 0. The first kappa shape index (κ1) is 20.2. The molecule has 158 valence electrons. The first-order valence-corrected chi connectivity index (χ1v) is 9.59. The maximum absolute atomic E-state index is 13.1. The van der Waals surface area contributed by atoms with Crippen molar-refractivity contribution >= 4 is 11.6 Å². The van der Waals surface area contributed by atoms with E-state index in [4.69, 9.17) is 9.62 Å². The van der Waals surface area contributed by atoms with Crippen LogP contribution in [0.2, 0.25) is 0 Å². The van der Waals surface area contributed by atoms with Crippen LogP contribution < -0.4 is 5.48 Å². The van der Waals surface area contributed by atoms with Gasteiger partial charge in [-0.1, -0.05) is 42.5 Å². The van der Waals surface area contributed by atoms with E-state index in [9.17, 15) is 18.0 Å². The number of amides is 2. The molecule has 2 heterocycles. The zero-order valence-corrected chi connectivity index (χ0v) is 15.9. The molecule has 0 bridgehead atoms. The predicted octanol–water partition coefficient (Wildman–Crippen LogP) is 4.90. The molecule has 2 amide bonds. The van der Waals surface area contributed by atoms with E-state index < -0.39 is 17.8 Å². The highest BCUT2D eigenvalue weighted by atomic mass is 19.4. The summed E-state index contributed by atoms with van der Waals surface area (Å²) >= 11 is 0. The second-order valence-corrected chi connectivity index (χ2v) is 7.33. The van der Waals surface area contributed by atoms with Crippen LogP contribution >= 0.6 is 0 Å². The van der Waals surface area contributed by atoms with Gasteiger partial charge >= 0.3 is 12.2 Å². The van der Waals surface area contributed by atoms with Crippen molar-refractivity contribution in [3.63, 3.8) is 0 Å². The van der Waals surface area contributed by atoms with Crippen molar-refractivity contribution in [2.75, 3.05) is 13.1 Å². The van der Waals surface area contributed by atoms with Gasteiger partial charge in [0.25, 0.3) is 0 Å². The molecule has 1 aliphatic carbocycles. The summed E-state index contributed by atoms with van der Waals surface area (Å²) in [6, 6.07) is 8.60. The summed E-state index contributed by atoms with van der Waals surface area (Å²) in [6.45, 7) is 0.829. The molecule has 0 spiro atoms. The summed E-state index contributed by atoms with van der Waals surface area (Å²) in [5.41, 5.74) is 2.64. The van der Waals surface area contributed by atoms with Crippen LogP contribution in [0.1, 0.15) is 36.8 Å². The maximum atomic E-state index is 13.1. The summed E-state index contributed by atoms with van der Waals surface area (Å²) in [5, 5.41) is 8.77. The predicted molar refractivity (Wildman–Crippen MR) is 103 cm³/mol. The largest absolute Gasteiger partial charge is 0.440 e. The molecule has 1 fully saturated rings. The van der Waals surface area contributed by atoms with Crippen molar-refractivity contribution < 1.29 is 27.6 Å². The van der Waals surface area contributed by atoms with E-state index in [2.05, 4.69) is 4.98 Å². The molecule has 4 rings (SSSR count). The van der Waals surface area contributed by atoms with Crippen molar-refractivity contribution in [1.29, 1.82) is 0 Å². The number of oxazole rings is 1. The van der Waals surface area contributed by atoms with Crippen LogP contribution in [-0.2, 0) is 0 Å². The Morgan fingerprint density at radius 2 is 1.87 bits per heavy atom. The van der Waals surface area contributed by atoms with Crippen LogP contribution in [0.3, 0.4) is 0 Å². The molecule has 1 aromatic carbocycles. The summed E-state index contributed by atoms with van der Waals surface area (Å²) in [6.07, 6.45) is -0.933. The Labute approximate surface area is 170 Å². The zero-order valence-electron chi connectivity index (χ0n) is 15.9. The third-order valence-corrected chi connectivity index (χ3v) is 5.44. The second kappa shape index (κ2) is 7.98. The lowest BCUT2D eigenvalue weighted by Crippen LogP contribution is -2.43. The Morgan fingerprint density at radius 3 is 2.47 bits per heavy atom. The van der Waals surface area contributed by atoms with E-state index in [0.29, 0.717) is 48.8 Å². The number of hydroxylamine groups is 1. The van der Waals surface area contributed by atoms with E-state index in [-0.39, 0.29) is 12.3 Å². The van der Waals surface area contributed by atoms with Gasteiger partial charge in [-0.2, -0.15) is 13.2 Å². The lowest BCUT2D eigenvalue weighted by atomic mass is 9.97. The Kier molecular flexibility index (Phi) is 5.38. The van der Waals surface area contributed by atoms with Crippen molar-refractivity contribution in [3.8, 4) is 11.3 Å². The summed E-state index contributed by atoms with van der Waals surface area (Å²) < 4.78 is 45.4. The molecule has 0 saturated carbocycles. The molecule has 30 heavy (non-hydrogen) atoms. The SMILES string of the molecule is O=C(NO)N1CCC(c2nc(C3=CC=C(C(F)(F)F)C3)c(-c3ccccc3)o2)CC1. The van der Waals surface area contributed by atoms with Gasteiger partial charge in [-0.05, 0) is 18.4 Å². The summed E-state index contributed by atoms with van der Waals surface area (Å²) in [5.74, 6) is 0.833. The monoisotopic (exact) mass is 419 g/mol. The molecule has 1 aliphatic heterocycles. The van der Waals surface area contributed by atoms with Crippen molar-refractivity contribution in [3.05, 3.63) is 59.6 Å². The molecule has 2 aromatic rings. The lowest BCUT2D eigenvalue weighted by molar-refractivity contribution is -0.0923. The summed E-state index contributed by atoms with van der Waals surface area (Å²) in [4.78, 5) is 17.6. The molecule has 1 saturated heterocycles.